The van der Waals surface area contributed by atoms with E-state index in [1.54, 1.807) is 19.4 Å². The van der Waals surface area contributed by atoms with E-state index >= 15 is 0 Å². The third-order valence-electron chi connectivity index (χ3n) is 5.71. The Bertz CT molecular complexity index is 1620. The minimum absolute atomic E-state index is 0.135. The van der Waals surface area contributed by atoms with Gasteiger partial charge in [-0.1, -0.05) is 48.0 Å². The molecule has 0 aliphatic carbocycles. The molecule has 0 saturated carbocycles. The predicted octanol–water partition coefficient (Wildman–Crippen LogP) is 6.12. The van der Waals surface area contributed by atoms with Crippen molar-refractivity contribution in [2.45, 2.75) is 11.8 Å². The number of rotatable bonds is 6. The lowest BCUT2D eigenvalue weighted by molar-refractivity contribution is 0.400. The highest BCUT2D eigenvalue weighted by Crippen LogP contribution is 2.35. The normalized spacial score (nSPS) is 11.0. The van der Waals surface area contributed by atoms with Crippen LogP contribution < -0.4 is 20.8 Å². The molecule has 0 aliphatic rings. The van der Waals surface area contributed by atoms with Crippen molar-refractivity contribution in [2.75, 3.05) is 17.6 Å². The summed E-state index contributed by atoms with van der Waals surface area (Å²) in [5.74, 6) is 0.577. The molecule has 0 aliphatic heterocycles. The molecule has 7 nitrogen and oxygen atoms in total. The minimum Gasteiger partial charge on any atom is -0.480 e. The Morgan fingerprint density at radius 2 is 1.83 bits per heavy atom. The molecule has 0 spiro atoms. The zero-order valence-corrected chi connectivity index (χ0v) is 21.1. The highest BCUT2D eigenvalue weighted by atomic mass is 35.5. The molecule has 0 radical (unpaired) electrons. The number of hydrogen-bond donors (Lipinski definition) is 2. The Kier molecular flexibility index (Phi) is 6.54. The summed E-state index contributed by atoms with van der Waals surface area (Å²) < 4.78 is 10.2. The van der Waals surface area contributed by atoms with E-state index < -0.39 is 0 Å². The maximum absolute atomic E-state index is 13.4. The number of para-hydroxylation sites is 1. The number of nitrogens with zero attached hydrogens (tertiary/aromatic N) is 3. The summed E-state index contributed by atoms with van der Waals surface area (Å²) in [4.78, 5) is 23.2. The number of hydrogen-bond acceptors (Lipinski definition) is 7. The van der Waals surface area contributed by atoms with Gasteiger partial charge in [0.2, 0.25) is 11.8 Å². The van der Waals surface area contributed by atoms with E-state index in [9.17, 15) is 4.79 Å². The van der Waals surface area contributed by atoms with E-state index in [0.29, 0.717) is 33.2 Å². The summed E-state index contributed by atoms with van der Waals surface area (Å²) in [5.41, 5.74) is 10.4. The van der Waals surface area contributed by atoms with Crippen LogP contribution in [-0.2, 0) is 0 Å². The average Bonchev–Trinajstić information content (AvgIpc) is 2.89. The molecule has 2 aromatic heterocycles. The van der Waals surface area contributed by atoms with Crippen LogP contribution in [0.25, 0.3) is 27.7 Å². The fourth-order valence-corrected chi connectivity index (χ4v) is 5.00. The number of nitrogen functional groups attached to an aromatic ring is 1. The largest absolute Gasteiger partial charge is 0.480 e. The lowest BCUT2D eigenvalue weighted by Crippen LogP contribution is -2.23. The molecule has 0 amide bonds. The van der Waals surface area contributed by atoms with Crippen molar-refractivity contribution < 1.29 is 4.74 Å². The lowest BCUT2D eigenvalue weighted by atomic mass is 10.0. The first-order valence-corrected chi connectivity index (χ1v) is 12.3. The molecule has 9 heteroatoms. The number of nitrogens with one attached hydrogen (secondary N) is 1. The number of aryl methyl sites for hydroxylation is 1. The standard InChI is InChI=1S/C27H22ClN5O2S/c1-16-7-6-10-21(28)24(16)36-32-23-14-18(15-30-25(23)35-2)17-11-12-22-20(13-17)26(34)33(27(29)31-22)19-8-4-3-5-9-19/h3-15,32H,1-2H3,(H2,29,31). The highest BCUT2D eigenvalue weighted by Gasteiger charge is 2.14. The lowest BCUT2D eigenvalue weighted by Gasteiger charge is -2.14. The van der Waals surface area contributed by atoms with Gasteiger partial charge in [0, 0.05) is 16.7 Å². The Hall–Kier alpha value is -4.01. The van der Waals surface area contributed by atoms with Crippen molar-refractivity contribution in [3.05, 3.63) is 99.9 Å². The van der Waals surface area contributed by atoms with E-state index in [2.05, 4.69) is 14.7 Å². The summed E-state index contributed by atoms with van der Waals surface area (Å²) in [6, 6.07) is 22.4. The molecule has 3 N–H and O–H groups in total. The van der Waals surface area contributed by atoms with Crippen LogP contribution >= 0.6 is 23.5 Å². The number of benzene rings is 3. The Morgan fingerprint density at radius 1 is 1.03 bits per heavy atom. The topological polar surface area (TPSA) is 95.1 Å². The first-order valence-electron chi connectivity index (χ1n) is 11.1. The number of ether oxygens (including phenoxy) is 1. The zero-order valence-electron chi connectivity index (χ0n) is 19.5. The van der Waals surface area contributed by atoms with E-state index in [4.69, 9.17) is 22.1 Å². The predicted molar refractivity (Wildman–Crippen MR) is 147 cm³/mol. The molecule has 5 aromatic rings. The van der Waals surface area contributed by atoms with Gasteiger partial charge < -0.3 is 15.2 Å². The Balaban J connectivity index is 1.55. The van der Waals surface area contributed by atoms with Crippen molar-refractivity contribution in [3.8, 4) is 22.7 Å². The first-order chi connectivity index (χ1) is 17.5. The fourth-order valence-electron chi connectivity index (χ4n) is 3.91. The van der Waals surface area contributed by atoms with Gasteiger partial charge in [0.1, 0.15) is 5.69 Å². The van der Waals surface area contributed by atoms with Gasteiger partial charge in [0.05, 0.1) is 28.7 Å². The van der Waals surface area contributed by atoms with Gasteiger partial charge in [-0.15, -0.1) is 0 Å². The molecule has 0 bridgehead atoms. The van der Waals surface area contributed by atoms with Crippen molar-refractivity contribution in [1.29, 1.82) is 0 Å². The van der Waals surface area contributed by atoms with Gasteiger partial charge in [-0.05, 0) is 66.4 Å². The van der Waals surface area contributed by atoms with Gasteiger partial charge >= 0.3 is 0 Å². The molecule has 36 heavy (non-hydrogen) atoms. The molecule has 0 unspecified atom stereocenters. The Morgan fingerprint density at radius 3 is 2.58 bits per heavy atom. The maximum Gasteiger partial charge on any atom is 0.267 e. The number of pyridine rings is 1. The molecular formula is C27H22ClN5O2S. The SMILES string of the molecule is COc1ncc(-c2ccc3nc(N)n(-c4ccccc4)c(=O)c3c2)cc1NSc1c(C)cccc1Cl. The van der Waals surface area contributed by atoms with Crippen LogP contribution in [0.4, 0.5) is 11.6 Å². The van der Waals surface area contributed by atoms with Crippen LogP contribution in [-0.4, -0.2) is 21.6 Å². The molecular weight excluding hydrogens is 494 g/mol. The summed E-state index contributed by atoms with van der Waals surface area (Å²) in [5, 5.41) is 1.11. The van der Waals surface area contributed by atoms with Crippen LogP contribution in [0.1, 0.15) is 5.56 Å². The van der Waals surface area contributed by atoms with E-state index in [1.807, 2.05) is 73.7 Å². The summed E-state index contributed by atoms with van der Waals surface area (Å²) in [6.07, 6.45) is 1.71. The molecule has 180 valence electrons. The number of aromatic nitrogens is 3. The third-order valence-corrected chi connectivity index (χ3v) is 7.21. The molecule has 2 heterocycles. The number of anilines is 2. The van der Waals surface area contributed by atoms with Gasteiger partial charge in [-0.25, -0.2) is 14.5 Å². The average molecular weight is 516 g/mol. The van der Waals surface area contributed by atoms with Crippen LogP contribution in [0, 0.1) is 6.92 Å². The molecule has 0 atom stereocenters. The minimum atomic E-state index is -0.241. The second-order valence-electron chi connectivity index (χ2n) is 8.05. The van der Waals surface area contributed by atoms with Crippen molar-refractivity contribution in [1.82, 2.24) is 14.5 Å². The summed E-state index contributed by atoms with van der Waals surface area (Å²) in [7, 11) is 1.57. The quantitative estimate of drug-likeness (QED) is 0.263. The van der Waals surface area contributed by atoms with Crippen molar-refractivity contribution >= 4 is 46.1 Å². The van der Waals surface area contributed by atoms with Gasteiger partial charge in [0.15, 0.2) is 0 Å². The second kappa shape index (κ2) is 9.93. The van der Waals surface area contributed by atoms with Crippen LogP contribution in [0.5, 0.6) is 5.88 Å². The highest BCUT2D eigenvalue weighted by molar-refractivity contribution is 8.00. The molecule has 5 rings (SSSR count). The van der Waals surface area contributed by atoms with Crippen molar-refractivity contribution in [2.24, 2.45) is 0 Å². The van der Waals surface area contributed by atoms with E-state index in [-0.39, 0.29) is 11.5 Å². The second-order valence-corrected chi connectivity index (χ2v) is 9.27. The monoisotopic (exact) mass is 515 g/mol. The third kappa shape index (κ3) is 4.48. The summed E-state index contributed by atoms with van der Waals surface area (Å²) >= 11 is 7.77. The Labute approximate surface area is 217 Å². The van der Waals surface area contributed by atoms with Crippen molar-refractivity contribution in [3.63, 3.8) is 0 Å². The summed E-state index contributed by atoms with van der Waals surface area (Å²) in [6.45, 7) is 2.00. The van der Waals surface area contributed by atoms with E-state index in [1.165, 1.54) is 16.5 Å². The maximum atomic E-state index is 13.4. The first kappa shape index (κ1) is 23.7. The van der Waals surface area contributed by atoms with Gasteiger partial charge in [-0.2, -0.15) is 0 Å². The van der Waals surface area contributed by atoms with Gasteiger partial charge in [-0.3, -0.25) is 4.79 Å². The molecule has 0 saturated heterocycles. The number of fused-ring (bicyclic) bond motifs is 1. The number of halogens is 1. The van der Waals surface area contributed by atoms with Crippen LogP contribution in [0.2, 0.25) is 5.02 Å². The zero-order chi connectivity index (χ0) is 25.2. The van der Waals surface area contributed by atoms with Crippen LogP contribution in [0.3, 0.4) is 0 Å². The van der Waals surface area contributed by atoms with Gasteiger partial charge in [0.25, 0.3) is 5.56 Å². The molecule has 3 aromatic carbocycles. The number of methoxy groups -OCH3 is 1. The molecule has 0 fully saturated rings. The van der Waals surface area contributed by atoms with Crippen LogP contribution in [0.15, 0.2) is 88.7 Å². The van der Waals surface area contributed by atoms with E-state index in [0.717, 1.165) is 21.6 Å². The number of nitrogens with two attached hydrogens (primary N) is 1. The fraction of sp³-hybridized carbons (Fsp3) is 0.0741. The smallest absolute Gasteiger partial charge is 0.267 e.